The summed E-state index contributed by atoms with van der Waals surface area (Å²) in [6, 6.07) is 7.36. The maximum absolute atomic E-state index is 11.2. The normalized spacial score (nSPS) is 19.0. The third-order valence-corrected chi connectivity index (χ3v) is 4.14. The smallest absolute Gasteiger partial charge is 0.320 e. The highest BCUT2D eigenvalue weighted by Crippen LogP contribution is 2.25. The molecule has 2 heterocycles. The Kier molecular flexibility index (Phi) is 4.07. The molecule has 5 nitrogen and oxygen atoms in total. The van der Waals surface area contributed by atoms with Crippen molar-refractivity contribution < 1.29 is 14.3 Å². The van der Waals surface area contributed by atoms with Gasteiger partial charge in [0.05, 0.1) is 12.7 Å². The molecule has 1 atom stereocenters. The maximum atomic E-state index is 11.2. The SMILES string of the molecule is O=C(O)[C@@H]1CCCN1Cc1ncc(-c2cccc(Br)c2)o1. The molecule has 0 radical (unpaired) electrons. The van der Waals surface area contributed by atoms with Gasteiger partial charge in [0.2, 0.25) is 5.89 Å². The fraction of sp³-hybridized carbons (Fsp3) is 0.333. The first-order valence-corrected chi connectivity index (χ1v) is 7.60. The van der Waals surface area contributed by atoms with Crippen molar-refractivity contribution in [3.05, 3.63) is 40.8 Å². The number of halogens is 1. The molecule has 0 saturated carbocycles. The number of carbonyl (C=O) groups is 1. The van der Waals surface area contributed by atoms with Crippen molar-refractivity contribution >= 4 is 21.9 Å². The highest BCUT2D eigenvalue weighted by molar-refractivity contribution is 9.10. The minimum absolute atomic E-state index is 0.425. The highest BCUT2D eigenvalue weighted by atomic mass is 79.9. The Morgan fingerprint density at radius 2 is 2.38 bits per heavy atom. The maximum Gasteiger partial charge on any atom is 0.320 e. The van der Waals surface area contributed by atoms with Crippen LogP contribution in [0.4, 0.5) is 0 Å². The lowest BCUT2D eigenvalue weighted by atomic mass is 10.2. The summed E-state index contributed by atoms with van der Waals surface area (Å²) < 4.78 is 6.72. The monoisotopic (exact) mass is 350 g/mol. The summed E-state index contributed by atoms with van der Waals surface area (Å²) in [6.07, 6.45) is 3.27. The molecular formula is C15H15BrN2O3. The van der Waals surface area contributed by atoms with E-state index in [-0.39, 0.29) is 0 Å². The Morgan fingerprint density at radius 1 is 1.52 bits per heavy atom. The molecule has 1 aromatic heterocycles. The molecule has 110 valence electrons. The van der Waals surface area contributed by atoms with Crippen molar-refractivity contribution in [3.63, 3.8) is 0 Å². The lowest BCUT2D eigenvalue weighted by molar-refractivity contribution is -0.142. The minimum Gasteiger partial charge on any atom is -0.480 e. The van der Waals surface area contributed by atoms with E-state index < -0.39 is 12.0 Å². The third-order valence-electron chi connectivity index (χ3n) is 3.65. The van der Waals surface area contributed by atoms with Crippen LogP contribution in [0.3, 0.4) is 0 Å². The van der Waals surface area contributed by atoms with Crippen molar-refractivity contribution in [1.82, 2.24) is 9.88 Å². The second-order valence-electron chi connectivity index (χ2n) is 5.10. The van der Waals surface area contributed by atoms with Crippen LogP contribution in [0.15, 0.2) is 39.4 Å². The van der Waals surface area contributed by atoms with Crippen LogP contribution in [0.1, 0.15) is 18.7 Å². The summed E-state index contributed by atoms with van der Waals surface area (Å²) in [5.41, 5.74) is 0.944. The number of hydrogen-bond donors (Lipinski definition) is 1. The molecule has 0 aliphatic carbocycles. The van der Waals surface area contributed by atoms with Gasteiger partial charge in [-0.3, -0.25) is 9.69 Å². The number of rotatable bonds is 4. The first kappa shape index (κ1) is 14.3. The molecule has 2 aromatic rings. The topological polar surface area (TPSA) is 66.6 Å². The van der Waals surface area contributed by atoms with Gasteiger partial charge in [0.25, 0.3) is 0 Å². The van der Waals surface area contributed by atoms with Crippen LogP contribution in [0.5, 0.6) is 0 Å². The summed E-state index contributed by atoms with van der Waals surface area (Å²) in [5.74, 6) is 0.474. The van der Waals surface area contributed by atoms with Gasteiger partial charge in [0.1, 0.15) is 6.04 Å². The Labute approximate surface area is 130 Å². The lowest BCUT2D eigenvalue weighted by Gasteiger charge is -2.18. The summed E-state index contributed by atoms with van der Waals surface area (Å²) >= 11 is 3.43. The van der Waals surface area contributed by atoms with E-state index in [0.29, 0.717) is 24.6 Å². The van der Waals surface area contributed by atoms with Crippen molar-refractivity contribution in [2.45, 2.75) is 25.4 Å². The quantitative estimate of drug-likeness (QED) is 0.917. The van der Waals surface area contributed by atoms with Crippen molar-refractivity contribution in [2.75, 3.05) is 6.54 Å². The number of carboxylic acids is 1. The van der Waals surface area contributed by atoms with Gasteiger partial charge in [0.15, 0.2) is 5.76 Å². The number of aliphatic carboxylic acids is 1. The van der Waals surface area contributed by atoms with E-state index in [1.807, 2.05) is 29.2 Å². The van der Waals surface area contributed by atoms with E-state index in [9.17, 15) is 9.90 Å². The van der Waals surface area contributed by atoms with E-state index in [2.05, 4.69) is 20.9 Å². The second kappa shape index (κ2) is 5.99. The van der Waals surface area contributed by atoms with Crippen molar-refractivity contribution in [1.29, 1.82) is 0 Å². The predicted molar refractivity (Wildman–Crippen MR) is 80.7 cm³/mol. The zero-order chi connectivity index (χ0) is 14.8. The molecule has 1 N–H and O–H groups in total. The molecule has 1 fully saturated rings. The van der Waals surface area contributed by atoms with Gasteiger partial charge >= 0.3 is 5.97 Å². The van der Waals surface area contributed by atoms with Gasteiger partial charge < -0.3 is 9.52 Å². The number of carboxylic acid groups (broad SMARTS) is 1. The highest BCUT2D eigenvalue weighted by Gasteiger charge is 2.31. The fourth-order valence-corrected chi connectivity index (χ4v) is 3.03. The van der Waals surface area contributed by atoms with Crippen LogP contribution >= 0.6 is 15.9 Å². The molecule has 0 amide bonds. The standard InChI is InChI=1S/C15H15BrN2O3/c16-11-4-1-3-10(7-11)13-8-17-14(21-13)9-18-6-2-5-12(18)15(19)20/h1,3-4,7-8,12H,2,5-6,9H2,(H,19,20)/t12-/m0/s1. The molecule has 6 heteroatoms. The molecule has 0 unspecified atom stereocenters. The first-order chi connectivity index (χ1) is 10.1. The summed E-state index contributed by atoms with van der Waals surface area (Å²) in [7, 11) is 0. The molecule has 0 bridgehead atoms. The molecular weight excluding hydrogens is 336 g/mol. The molecule has 3 rings (SSSR count). The van der Waals surface area contributed by atoms with Gasteiger partial charge in [-0.1, -0.05) is 28.1 Å². The van der Waals surface area contributed by atoms with Gasteiger partial charge in [-0.15, -0.1) is 0 Å². The molecule has 1 aliphatic heterocycles. The van der Waals surface area contributed by atoms with Gasteiger partial charge in [0, 0.05) is 10.0 Å². The van der Waals surface area contributed by atoms with Crippen LogP contribution in [0, 0.1) is 0 Å². The van der Waals surface area contributed by atoms with Crippen LogP contribution in [0.2, 0.25) is 0 Å². The van der Waals surface area contributed by atoms with Crippen LogP contribution < -0.4 is 0 Å². The van der Waals surface area contributed by atoms with Crippen molar-refractivity contribution in [3.8, 4) is 11.3 Å². The number of hydrogen-bond acceptors (Lipinski definition) is 4. The second-order valence-corrected chi connectivity index (χ2v) is 6.01. The average molecular weight is 351 g/mol. The summed E-state index contributed by atoms with van der Waals surface area (Å²) in [5, 5.41) is 9.18. The predicted octanol–water partition coefficient (Wildman–Crippen LogP) is 3.15. The Balaban J connectivity index is 1.75. The van der Waals surface area contributed by atoms with Crippen LogP contribution in [-0.2, 0) is 11.3 Å². The largest absolute Gasteiger partial charge is 0.480 e. The Hall–Kier alpha value is -1.66. The van der Waals surface area contributed by atoms with Gasteiger partial charge in [-0.05, 0) is 31.5 Å². The average Bonchev–Trinajstić information content (AvgIpc) is 3.08. The van der Waals surface area contributed by atoms with E-state index in [1.54, 1.807) is 6.20 Å². The van der Waals surface area contributed by atoms with E-state index in [1.165, 1.54) is 0 Å². The molecule has 1 saturated heterocycles. The Morgan fingerprint density at radius 3 is 3.14 bits per heavy atom. The van der Waals surface area contributed by atoms with Crippen molar-refractivity contribution in [2.24, 2.45) is 0 Å². The van der Waals surface area contributed by atoms with Gasteiger partial charge in [-0.2, -0.15) is 0 Å². The van der Waals surface area contributed by atoms with E-state index in [4.69, 9.17) is 4.42 Å². The zero-order valence-corrected chi connectivity index (χ0v) is 12.9. The Bertz CT molecular complexity index is 656. The molecule has 1 aliphatic rings. The third kappa shape index (κ3) is 3.16. The molecule has 0 spiro atoms. The number of likely N-dealkylation sites (tertiary alicyclic amines) is 1. The fourth-order valence-electron chi connectivity index (χ4n) is 2.63. The number of oxazole rings is 1. The van der Waals surface area contributed by atoms with Crippen LogP contribution in [0.25, 0.3) is 11.3 Å². The zero-order valence-electron chi connectivity index (χ0n) is 11.3. The van der Waals surface area contributed by atoms with Gasteiger partial charge in [-0.25, -0.2) is 4.98 Å². The van der Waals surface area contributed by atoms with Crippen LogP contribution in [-0.4, -0.2) is 33.5 Å². The number of nitrogens with zero attached hydrogens (tertiary/aromatic N) is 2. The lowest BCUT2D eigenvalue weighted by Crippen LogP contribution is -2.35. The first-order valence-electron chi connectivity index (χ1n) is 6.81. The summed E-state index contributed by atoms with van der Waals surface area (Å²) in [6.45, 7) is 1.20. The molecule has 21 heavy (non-hydrogen) atoms. The summed E-state index contributed by atoms with van der Waals surface area (Å²) in [4.78, 5) is 17.3. The minimum atomic E-state index is -0.772. The molecule has 1 aromatic carbocycles. The van der Waals surface area contributed by atoms with E-state index in [0.717, 1.165) is 23.0 Å². The van der Waals surface area contributed by atoms with E-state index >= 15 is 0 Å². The number of benzene rings is 1. The number of aromatic nitrogens is 1.